The highest BCUT2D eigenvalue weighted by Gasteiger charge is 2.20. The summed E-state index contributed by atoms with van der Waals surface area (Å²) in [6.07, 6.45) is 1.39. The van der Waals surface area contributed by atoms with Crippen LogP contribution in [-0.4, -0.2) is 33.5 Å². The average molecular weight is 538 g/mol. The van der Waals surface area contributed by atoms with Gasteiger partial charge in [-0.1, -0.05) is 29.4 Å². The van der Waals surface area contributed by atoms with E-state index in [1.165, 1.54) is 11.8 Å². The third kappa shape index (κ3) is 6.27. The number of amides is 1. The van der Waals surface area contributed by atoms with Gasteiger partial charge in [0.2, 0.25) is 5.91 Å². The summed E-state index contributed by atoms with van der Waals surface area (Å²) in [6.45, 7) is 6.20. The van der Waals surface area contributed by atoms with Crippen LogP contribution < -0.4 is 14.8 Å². The van der Waals surface area contributed by atoms with Crippen molar-refractivity contribution in [2.45, 2.75) is 24.7 Å². The van der Waals surface area contributed by atoms with Crippen LogP contribution in [0.5, 0.6) is 11.5 Å². The maximum Gasteiger partial charge on any atom is 0.234 e. The molecule has 0 bridgehead atoms. The van der Waals surface area contributed by atoms with E-state index in [9.17, 15) is 4.79 Å². The molecule has 3 aromatic rings. The molecule has 0 aliphatic rings. The van der Waals surface area contributed by atoms with Crippen LogP contribution in [0.1, 0.15) is 18.9 Å². The first-order chi connectivity index (χ1) is 15.4. The van der Waals surface area contributed by atoms with E-state index in [0.717, 1.165) is 10.2 Å². The summed E-state index contributed by atoms with van der Waals surface area (Å²) in [7, 11) is 1.61. The minimum atomic E-state index is -0.357. The maximum atomic E-state index is 12.4. The van der Waals surface area contributed by atoms with Gasteiger partial charge in [-0.3, -0.25) is 9.36 Å². The molecular weight excluding hydrogens is 516 g/mol. The molecule has 2 aromatic carbocycles. The minimum absolute atomic E-state index is 0.163. The summed E-state index contributed by atoms with van der Waals surface area (Å²) in [4.78, 5) is 12.4. The number of hydrogen-bond acceptors (Lipinski definition) is 6. The van der Waals surface area contributed by atoms with Gasteiger partial charge in [-0.2, -0.15) is 0 Å². The van der Waals surface area contributed by atoms with E-state index in [-0.39, 0.29) is 17.8 Å². The largest absolute Gasteiger partial charge is 0.497 e. The third-order valence-electron chi connectivity index (χ3n) is 4.33. The number of nitrogens with one attached hydrogen (secondary N) is 1. The number of nitrogens with zero attached hydrogens (tertiary/aromatic N) is 3. The van der Waals surface area contributed by atoms with Gasteiger partial charge in [-0.25, -0.2) is 0 Å². The van der Waals surface area contributed by atoms with Crippen molar-refractivity contribution in [2.24, 2.45) is 0 Å². The Morgan fingerprint density at radius 3 is 2.66 bits per heavy atom. The van der Waals surface area contributed by atoms with Crippen LogP contribution in [-0.2, 0) is 11.3 Å². The molecule has 1 heterocycles. The number of anilines is 1. The number of ether oxygens (including phenoxy) is 2. The number of aromatic nitrogens is 3. The lowest BCUT2D eigenvalue weighted by molar-refractivity contribution is -0.113. The predicted molar refractivity (Wildman–Crippen MR) is 131 cm³/mol. The average Bonchev–Trinajstić information content (AvgIpc) is 3.18. The molecule has 7 nitrogen and oxygen atoms in total. The number of rotatable bonds is 10. The molecule has 10 heteroatoms. The standard InChI is InChI=1S/C22H22BrClN4O3S/c1-4-11-28-21(14(2)31-17-8-6-16(30-3)7-9-17)26-27-22(28)32-13-20(29)25-15-5-10-18(23)19(24)12-15/h4-10,12,14H,1,11,13H2,2-3H3,(H,25,29). The molecule has 3 rings (SSSR count). The molecule has 1 atom stereocenters. The second-order valence-electron chi connectivity index (χ2n) is 6.64. The maximum absolute atomic E-state index is 12.4. The molecule has 1 unspecified atom stereocenters. The van der Waals surface area contributed by atoms with Crippen LogP contribution in [0.4, 0.5) is 5.69 Å². The number of carbonyl (C=O) groups is 1. The molecule has 1 N–H and O–H groups in total. The van der Waals surface area contributed by atoms with Crippen molar-refractivity contribution in [3.05, 3.63) is 70.4 Å². The minimum Gasteiger partial charge on any atom is -0.497 e. The molecule has 0 saturated heterocycles. The van der Waals surface area contributed by atoms with Crippen molar-refractivity contribution in [3.63, 3.8) is 0 Å². The number of benzene rings is 2. The van der Waals surface area contributed by atoms with Crippen molar-refractivity contribution in [1.82, 2.24) is 14.8 Å². The quantitative estimate of drug-likeness (QED) is 0.262. The second kappa shape index (κ2) is 11.4. The van der Waals surface area contributed by atoms with Crippen LogP contribution in [0.2, 0.25) is 5.02 Å². The molecule has 1 aromatic heterocycles. The van der Waals surface area contributed by atoms with Gasteiger partial charge >= 0.3 is 0 Å². The SMILES string of the molecule is C=CCn1c(SCC(=O)Nc2ccc(Br)c(Cl)c2)nnc1C(C)Oc1ccc(OC)cc1. The monoisotopic (exact) mass is 536 g/mol. The third-order valence-corrected chi connectivity index (χ3v) is 6.53. The number of hydrogen-bond donors (Lipinski definition) is 1. The van der Waals surface area contributed by atoms with Gasteiger partial charge < -0.3 is 14.8 Å². The van der Waals surface area contributed by atoms with Crippen molar-refractivity contribution in [1.29, 1.82) is 0 Å². The fourth-order valence-electron chi connectivity index (χ4n) is 2.82. The highest BCUT2D eigenvalue weighted by atomic mass is 79.9. The van der Waals surface area contributed by atoms with Crippen LogP contribution in [0.15, 0.2) is 64.7 Å². The lowest BCUT2D eigenvalue weighted by Crippen LogP contribution is -2.15. The Balaban J connectivity index is 1.65. The molecule has 168 valence electrons. The van der Waals surface area contributed by atoms with Gasteiger partial charge in [0.1, 0.15) is 11.5 Å². The van der Waals surface area contributed by atoms with Gasteiger partial charge in [-0.05, 0) is 65.3 Å². The molecule has 1 amide bonds. The normalized spacial score (nSPS) is 11.6. The van der Waals surface area contributed by atoms with Gasteiger partial charge in [-0.15, -0.1) is 16.8 Å². The number of halogens is 2. The Labute approximate surface area is 204 Å². The topological polar surface area (TPSA) is 78.3 Å². The number of allylic oxidation sites excluding steroid dienone is 1. The van der Waals surface area contributed by atoms with Crippen LogP contribution in [0.25, 0.3) is 0 Å². The zero-order chi connectivity index (χ0) is 23.1. The Bertz CT molecular complexity index is 1090. The fraction of sp³-hybridized carbons (Fsp3) is 0.227. The van der Waals surface area contributed by atoms with E-state index in [0.29, 0.717) is 34.0 Å². The molecule has 0 aliphatic carbocycles. The summed E-state index contributed by atoms with van der Waals surface area (Å²) < 4.78 is 13.8. The van der Waals surface area contributed by atoms with E-state index in [1.807, 2.05) is 35.8 Å². The molecule has 0 aliphatic heterocycles. The zero-order valence-electron chi connectivity index (χ0n) is 17.5. The summed E-state index contributed by atoms with van der Waals surface area (Å²) in [5, 5.41) is 12.5. The summed E-state index contributed by atoms with van der Waals surface area (Å²) in [5.41, 5.74) is 0.624. The Hall–Kier alpha value is -2.49. The number of methoxy groups -OCH3 is 1. The van der Waals surface area contributed by atoms with Gasteiger partial charge in [0.25, 0.3) is 0 Å². The first kappa shape index (κ1) is 24.2. The summed E-state index contributed by atoms with van der Waals surface area (Å²) in [6, 6.07) is 12.6. The van der Waals surface area contributed by atoms with Gasteiger partial charge in [0.15, 0.2) is 17.1 Å². The predicted octanol–water partition coefficient (Wildman–Crippen LogP) is 5.76. The van der Waals surface area contributed by atoms with E-state index in [4.69, 9.17) is 21.1 Å². The summed E-state index contributed by atoms with van der Waals surface area (Å²) in [5.74, 6) is 2.07. The van der Waals surface area contributed by atoms with Crippen molar-refractivity contribution >= 4 is 50.9 Å². The van der Waals surface area contributed by atoms with Crippen molar-refractivity contribution in [2.75, 3.05) is 18.2 Å². The van der Waals surface area contributed by atoms with E-state index in [1.54, 1.807) is 31.4 Å². The van der Waals surface area contributed by atoms with Crippen molar-refractivity contribution in [3.8, 4) is 11.5 Å². The van der Waals surface area contributed by atoms with Crippen LogP contribution in [0, 0.1) is 0 Å². The Morgan fingerprint density at radius 1 is 1.28 bits per heavy atom. The first-order valence-corrected chi connectivity index (χ1v) is 11.8. The molecule has 0 spiro atoms. The first-order valence-electron chi connectivity index (χ1n) is 9.63. The van der Waals surface area contributed by atoms with E-state index < -0.39 is 0 Å². The molecule has 0 saturated carbocycles. The highest BCUT2D eigenvalue weighted by Crippen LogP contribution is 2.27. The van der Waals surface area contributed by atoms with Crippen LogP contribution >= 0.6 is 39.3 Å². The lowest BCUT2D eigenvalue weighted by Gasteiger charge is -2.16. The van der Waals surface area contributed by atoms with Gasteiger partial charge in [0, 0.05) is 16.7 Å². The second-order valence-corrected chi connectivity index (χ2v) is 8.85. The Kier molecular flexibility index (Phi) is 8.60. The fourth-order valence-corrected chi connectivity index (χ4v) is 4.00. The smallest absolute Gasteiger partial charge is 0.234 e. The Morgan fingerprint density at radius 2 is 2.00 bits per heavy atom. The van der Waals surface area contributed by atoms with Crippen LogP contribution in [0.3, 0.4) is 0 Å². The molecule has 0 fully saturated rings. The van der Waals surface area contributed by atoms with E-state index >= 15 is 0 Å². The zero-order valence-corrected chi connectivity index (χ0v) is 20.7. The number of carbonyl (C=O) groups excluding carboxylic acids is 1. The molecule has 0 radical (unpaired) electrons. The molecular formula is C22H22BrClN4O3S. The lowest BCUT2D eigenvalue weighted by atomic mass is 10.3. The highest BCUT2D eigenvalue weighted by molar-refractivity contribution is 9.10. The molecule has 32 heavy (non-hydrogen) atoms. The van der Waals surface area contributed by atoms with Gasteiger partial charge in [0.05, 0.1) is 17.9 Å². The van der Waals surface area contributed by atoms with E-state index in [2.05, 4.69) is 38.0 Å². The summed E-state index contributed by atoms with van der Waals surface area (Å²) >= 11 is 10.7. The number of thioether (sulfide) groups is 1. The van der Waals surface area contributed by atoms with Crippen molar-refractivity contribution < 1.29 is 14.3 Å².